The lowest BCUT2D eigenvalue weighted by Gasteiger charge is -2.35. The van der Waals surface area contributed by atoms with Gasteiger partial charge in [0.05, 0.1) is 5.56 Å². The van der Waals surface area contributed by atoms with Gasteiger partial charge in [-0.2, -0.15) is 0 Å². The summed E-state index contributed by atoms with van der Waals surface area (Å²) in [5.74, 6) is 0.786. The molecule has 0 unspecified atom stereocenters. The predicted octanol–water partition coefficient (Wildman–Crippen LogP) is 5.56. The van der Waals surface area contributed by atoms with Crippen molar-refractivity contribution in [2.45, 2.75) is 27.2 Å². The van der Waals surface area contributed by atoms with Gasteiger partial charge in [-0.3, -0.25) is 0 Å². The number of ether oxygens (including phenoxy) is 1. The molecule has 1 aliphatic carbocycles. The molecule has 1 aliphatic heterocycles. The van der Waals surface area contributed by atoms with Crippen LogP contribution in [0, 0.1) is 12.7 Å². The summed E-state index contributed by atoms with van der Waals surface area (Å²) < 4.78 is 20.9. The molecule has 1 aromatic heterocycles. The van der Waals surface area contributed by atoms with E-state index in [2.05, 4.69) is 56.3 Å². The van der Waals surface area contributed by atoms with Crippen LogP contribution in [0.5, 0.6) is 11.6 Å². The first kappa shape index (κ1) is 22.3. The number of anilines is 3. The Balaban J connectivity index is 1.30. The predicted molar refractivity (Wildman–Crippen MR) is 135 cm³/mol. The Hall–Kier alpha value is -3.45. The summed E-state index contributed by atoms with van der Waals surface area (Å²) in [5.41, 5.74) is 5.60. The summed E-state index contributed by atoms with van der Waals surface area (Å²) in [4.78, 5) is 13.5. The van der Waals surface area contributed by atoms with Gasteiger partial charge in [0.25, 0.3) is 0 Å². The van der Waals surface area contributed by atoms with E-state index in [1.807, 2.05) is 26.0 Å². The molecule has 176 valence electrons. The number of piperazine rings is 1. The minimum atomic E-state index is -0.350. The number of hydrogen-bond donors (Lipinski definition) is 1. The van der Waals surface area contributed by atoms with Crippen molar-refractivity contribution in [3.8, 4) is 11.6 Å². The van der Waals surface area contributed by atoms with Crippen LogP contribution in [0.2, 0.25) is 0 Å². The average molecular weight is 460 g/mol. The number of likely N-dealkylation sites (N-methyl/N-ethyl adjacent to an activating group) is 1. The Morgan fingerprint density at radius 3 is 2.50 bits per heavy atom. The fraction of sp³-hybridized carbons (Fsp3) is 0.333. The van der Waals surface area contributed by atoms with E-state index < -0.39 is 0 Å². The van der Waals surface area contributed by atoms with Crippen LogP contribution in [-0.2, 0) is 6.42 Å². The van der Waals surface area contributed by atoms with Gasteiger partial charge in [-0.05, 0) is 62.7 Å². The lowest BCUT2D eigenvalue weighted by atomic mass is 10.1. The van der Waals surface area contributed by atoms with Crippen molar-refractivity contribution < 1.29 is 9.13 Å². The van der Waals surface area contributed by atoms with Crippen LogP contribution in [-0.4, -0.2) is 47.6 Å². The zero-order valence-corrected chi connectivity index (χ0v) is 19.9. The number of fused-ring (bicyclic) bond motifs is 1. The second-order valence-electron chi connectivity index (χ2n) is 8.97. The first-order valence-corrected chi connectivity index (χ1v) is 11.8. The monoisotopic (exact) mass is 459 g/mol. The Kier molecular flexibility index (Phi) is 6.20. The first-order valence-electron chi connectivity index (χ1n) is 11.8. The molecule has 6 nitrogen and oxygen atoms in total. The highest BCUT2D eigenvalue weighted by molar-refractivity contribution is 5.66. The van der Waals surface area contributed by atoms with E-state index in [9.17, 15) is 0 Å². The number of benzene rings is 2. The smallest absolute Gasteiger partial charge is 0.227 e. The van der Waals surface area contributed by atoms with E-state index in [1.165, 1.54) is 12.0 Å². The molecule has 5 rings (SSSR count). The third-order valence-electron chi connectivity index (χ3n) is 6.65. The minimum absolute atomic E-state index is 0.171. The summed E-state index contributed by atoms with van der Waals surface area (Å²) in [7, 11) is 0. The molecule has 7 heteroatoms. The van der Waals surface area contributed by atoms with E-state index in [4.69, 9.17) is 4.74 Å². The molecule has 0 radical (unpaired) electrons. The molecule has 2 heterocycles. The molecule has 0 spiro atoms. The molecule has 0 atom stereocenters. The Morgan fingerprint density at radius 2 is 1.76 bits per heavy atom. The zero-order chi connectivity index (χ0) is 23.7. The van der Waals surface area contributed by atoms with Gasteiger partial charge >= 0.3 is 0 Å². The highest BCUT2D eigenvalue weighted by Gasteiger charge is 2.20. The van der Waals surface area contributed by atoms with Gasteiger partial charge in [0, 0.05) is 43.1 Å². The van der Waals surface area contributed by atoms with Crippen molar-refractivity contribution in [1.29, 1.82) is 0 Å². The second-order valence-corrected chi connectivity index (χ2v) is 8.97. The molecule has 1 fully saturated rings. The van der Waals surface area contributed by atoms with Crippen LogP contribution in [0.1, 0.15) is 30.5 Å². The number of aromatic nitrogens is 2. The lowest BCUT2D eigenvalue weighted by molar-refractivity contribution is 0.271. The Morgan fingerprint density at radius 1 is 1.00 bits per heavy atom. The summed E-state index contributed by atoms with van der Waals surface area (Å²) >= 11 is 0. The normalized spacial score (nSPS) is 15.8. The molecule has 2 aliphatic rings. The van der Waals surface area contributed by atoms with Gasteiger partial charge in [-0.25, -0.2) is 14.4 Å². The van der Waals surface area contributed by atoms with E-state index in [0.29, 0.717) is 22.8 Å². The molecule has 1 saturated heterocycles. The van der Waals surface area contributed by atoms with Gasteiger partial charge < -0.3 is 19.9 Å². The number of nitrogens with one attached hydrogen (secondary N) is 1. The maximum absolute atomic E-state index is 15.0. The van der Waals surface area contributed by atoms with Crippen molar-refractivity contribution in [3.05, 3.63) is 70.8 Å². The highest BCUT2D eigenvalue weighted by Crippen LogP contribution is 2.35. The number of halogens is 1. The van der Waals surface area contributed by atoms with Crippen molar-refractivity contribution in [2.75, 3.05) is 42.9 Å². The molecular weight excluding hydrogens is 429 g/mol. The van der Waals surface area contributed by atoms with Crippen molar-refractivity contribution in [1.82, 2.24) is 14.9 Å². The summed E-state index contributed by atoms with van der Waals surface area (Å²) in [6.45, 7) is 11.5. The van der Waals surface area contributed by atoms with Crippen molar-refractivity contribution in [2.24, 2.45) is 0 Å². The topological polar surface area (TPSA) is 53.5 Å². The number of rotatable bonds is 6. The quantitative estimate of drug-likeness (QED) is 0.521. The molecule has 2 aromatic carbocycles. The van der Waals surface area contributed by atoms with E-state index in [-0.39, 0.29) is 11.6 Å². The molecule has 3 aromatic rings. The van der Waals surface area contributed by atoms with E-state index >= 15 is 4.39 Å². The molecule has 34 heavy (non-hydrogen) atoms. The van der Waals surface area contributed by atoms with Crippen LogP contribution in [0.3, 0.4) is 0 Å². The fourth-order valence-electron chi connectivity index (χ4n) is 4.58. The van der Waals surface area contributed by atoms with Crippen LogP contribution in [0.4, 0.5) is 21.6 Å². The standard InChI is InChI=1S/C27H30FN5O/c1-4-32-11-13-33(14-12-32)22-8-6-21(7-9-22)31-26-19(3)27(30-17-29-26)34-24-10-5-20-15-18(2)16-23(20)25(24)28/h5-10,16-17H,4,11-15H2,1-3H3,(H,29,30,31). The Labute approximate surface area is 200 Å². The largest absolute Gasteiger partial charge is 0.435 e. The number of allylic oxidation sites excluding steroid dienone is 1. The number of nitrogens with zero attached hydrogens (tertiary/aromatic N) is 4. The minimum Gasteiger partial charge on any atom is -0.435 e. The molecule has 0 amide bonds. The third kappa shape index (κ3) is 4.48. The Bertz CT molecular complexity index is 1220. The van der Waals surface area contributed by atoms with Crippen molar-refractivity contribution >= 4 is 23.3 Å². The van der Waals surface area contributed by atoms with Crippen LogP contribution < -0.4 is 15.0 Å². The van der Waals surface area contributed by atoms with E-state index in [1.54, 1.807) is 6.07 Å². The fourth-order valence-corrected chi connectivity index (χ4v) is 4.58. The zero-order valence-electron chi connectivity index (χ0n) is 19.9. The van der Waals surface area contributed by atoms with Gasteiger partial charge in [-0.1, -0.05) is 24.6 Å². The van der Waals surface area contributed by atoms with Crippen LogP contribution in [0.15, 0.2) is 48.3 Å². The average Bonchev–Trinajstić information content (AvgIpc) is 3.25. The van der Waals surface area contributed by atoms with Gasteiger partial charge in [0.1, 0.15) is 12.1 Å². The van der Waals surface area contributed by atoms with Crippen LogP contribution >= 0.6 is 0 Å². The first-order chi connectivity index (χ1) is 16.5. The third-order valence-corrected chi connectivity index (χ3v) is 6.65. The molecular formula is C27H30FN5O. The maximum atomic E-state index is 15.0. The van der Waals surface area contributed by atoms with Gasteiger partial charge in [0.15, 0.2) is 11.6 Å². The van der Waals surface area contributed by atoms with Gasteiger partial charge in [0.2, 0.25) is 5.88 Å². The summed E-state index contributed by atoms with van der Waals surface area (Å²) in [6.07, 6.45) is 4.09. The SMILES string of the molecule is CCN1CCN(c2ccc(Nc3ncnc(Oc4ccc5c(c4F)C=C(C)C5)c3C)cc2)CC1. The summed E-state index contributed by atoms with van der Waals surface area (Å²) in [6, 6.07) is 12.0. The van der Waals surface area contributed by atoms with Gasteiger partial charge in [-0.15, -0.1) is 0 Å². The second kappa shape index (κ2) is 9.43. The molecule has 0 bridgehead atoms. The number of hydrogen-bond acceptors (Lipinski definition) is 6. The van der Waals surface area contributed by atoms with Crippen LogP contribution in [0.25, 0.3) is 6.08 Å². The summed E-state index contributed by atoms with van der Waals surface area (Å²) in [5, 5.41) is 3.35. The molecule has 1 N–H and O–H groups in total. The highest BCUT2D eigenvalue weighted by atomic mass is 19.1. The van der Waals surface area contributed by atoms with E-state index in [0.717, 1.165) is 56.0 Å². The molecule has 0 saturated carbocycles. The lowest BCUT2D eigenvalue weighted by Crippen LogP contribution is -2.46. The maximum Gasteiger partial charge on any atom is 0.227 e. The van der Waals surface area contributed by atoms with Crippen molar-refractivity contribution in [3.63, 3.8) is 0 Å².